The fourth-order valence-electron chi connectivity index (χ4n) is 2.07. The molecule has 0 spiro atoms. The number of hydrogen-bond donors (Lipinski definition) is 1. The van der Waals surface area contributed by atoms with Crippen LogP contribution in [0.4, 0.5) is 0 Å². The molecule has 0 radical (unpaired) electrons. The second kappa shape index (κ2) is 5.59. The van der Waals surface area contributed by atoms with E-state index in [2.05, 4.69) is 21.0 Å². The number of ether oxygens (including phenoxy) is 1. The molecule has 0 aliphatic heterocycles. The zero-order chi connectivity index (χ0) is 15.0. The van der Waals surface area contributed by atoms with Gasteiger partial charge in [0.25, 0.3) is 0 Å². The van der Waals surface area contributed by atoms with Gasteiger partial charge < -0.3 is 9.84 Å². The van der Waals surface area contributed by atoms with Crippen LogP contribution in [0.2, 0.25) is 0 Å². The van der Waals surface area contributed by atoms with Crippen molar-refractivity contribution in [2.45, 2.75) is 6.61 Å². The van der Waals surface area contributed by atoms with Gasteiger partial charge in [0, 0.05) is 17.0 Å². The lowest BCUT2D eigenvalue weighted by atomic mass is 10.3. The summed E-state index contributed by atoms with van der Waals surface area (Å²) in [5.74, 6) is -0.929. The van der Waals surface area contributed by atoms with Gasteiger partial charge in [0.1, 0.15) is 9.71 Å². The topological polar surface area (TPSA) is 64.4 Å². The lowest BCUT2D eigenvalue weighted by Crippen LogP contribution is -1.98. The van der Waals surface area contributed by atoms with Crippen LogP contribution in [0.5, 0.6) is 0 Å². The Morgan fingerprint density at radius 1 is 1.43 bits per heavy atom. The number of rotatable bonds is 4. The minimum absolute atomic E-state index is 0.297. The van der Waals surface area contributed by atoms with E-state index in [1.54, 1.807) is 17.9 Å². The van der Waals surface area contributed by atoms with Gasteiger partial charge in [-0.2, -0.15) is 5.10 Å². The smallest absolute Gasteiger partial charge is 0.345 e. The highest BCUT2D eigenvalue weighted by Gasteiger charge is 2.18. The molecule has 0 aliphatic carbocycles. The Morgan fingerprint density at radius 3 is 2.76 bits per heavy atom. The van der Waals surface area contributed by atoms with Crippen molar-refractivity contribution in [3.63, 3.8) is 0 Å². The maximum Gasteiger partial charge on any atom is 0.345 e. The van der Waals surface area contributed by atoms with Crippen molar-refractivity contribution in [2.24, 2.45) is 0 Å². The van der Waals surface area contributed by atoms with Gasteiger partial charge in [0.05, 0.1) is 18.0 Å². The summed E-state index contributed by atoms with van der Waals surface area (Å²) in [6.45, 7) is 0.343. The minimum atomic E-state index is -0.929. The molecular formula is C14H11BrN2O3S. The fraction of sp³-hybridized carbons (Fsp3) is 0.143. The highest BCUT2D eigenvalue weighted by atomic mass is 79.9. The normalized spacial score (nSPS) is 11.1. The zero-order valence-electron chi connectivity index (χ0n) is 11.0. The predicted molar refractivity (Wildman–Crippen MR) is 84.3 cm³/mol. The highest BCUT2D eigenvalue weighted by Crippen LogP contribution is 2.31. The number of thiophene rings is 1. The summed E-state index contributed by atoms with van der Waals surface area (Å²) in [7, 11) is 1.59. The van der Waals surface area contributed by atoms with Gasteiger partial charge in [-0.3, -0.25) is 0 Å². The van der Waals surface area contributed by atoms with E-state index in [-0.39, 0.29) is 0 Å². The van der Waals surface area contributed by atoms with Crippen molar-refractivity contribution in [3.05, 3.63) is 45.4 Å². The van der Waals surface area contributed by atoms with E-state index in [0.717, 1.165) is 26.1 Å². The van der Waals surface area contributed by atoms with Crippen LogP contribution in [0, 0.1) is 0 Å². The van der Waals surface area contributed by atoms with Crippen molar-refractivity contribution in [1.82, 2.24) is 9.78 Å². The van der Waals surface area contributed by atoms with Crippen LogP contribution in [0.15, 0.2) is 34.8 Å². The second-order valence-electron chi connectivity index (χ2n) is 4.40. The monoisotopic (exact) mass is 366 g/mol. The summed E-state index contributed by atoms with van der Waals surface area (Å²) >= 11 is 4.61. The third kappa shape index (κ3) is 2.59. The zero-order valence-corrected chi connectivity index (χ0v) is 13.4. The number of carboxylic acids is 1. The Hall–Kier alpha value is -1.70. The summed E-state index contributed by atoms with van der Waals surface area (Å²) in [5, 5.41) is 14.5. The average molecular weight is 367 g/mol. The molecule has 3 rings (SSSR count). The van der Waals surface area contributed by atoms with Crippen LogP contribution in [0.25, 0.3) is 15.9 Å². The van der Waals surface area contributed by atoms with Gasteiger partial charge >= 0.3 is 5.97 Å². The van der Waals surface area contributed by atoms with Crippen LogP contribution in [0.3, 0.4) is 0 Å². The molecule has 108 valence electrons. The number of carbonyl (C=O) groups is 1. The first-order chi connectivity index (χ1) is 10.1. The number of aromatic nitrogens is 2. The number of fused-ring (bicyclic) bond motifs is 1. The number of nitrogens with zero attached hydrogens (tertiary/aromatic N) is 2. The van der Waals surface area contributed by atoms with Crippen molar-refractivity contribution < 1.29 is 14.6 Å². The van der Waals surface area contributed by atoms with E-state index in [4.69, 9.17) is 9.84 Å². The van der Waals surface area contributed by atoms with Gasteiger partial charge in [-0.25, -0.2) is 9.48 Å². The first-order valence-electron chi connectivity index (χ1n) is 6.09. The molecule has 2 heterocycles. The molecular weight excluding hydrogens is 356 g/mol. The molecule has 0 amide bonds. The summed E-state index contributed by atoms with van der Waals surface area (Å²) in [6.07, 6.45) is 0. The Morgan fingerprint density at radius 2 is 2.14 bits per heavy atom. The molecule has 0 saturated heterocycles. The minimum Gasteiger partial charge on any atom is -0.477 e. The summed E-state index contributed by atoms with van der Waals surface area (Å²) in [4.78, 5) is 12.3. The number of aromatic carboxylic acids is 1. The Labute approximate surface area is 132 Å². The summed E-state index contributed by atoms with van der Waals surface area (Å²) < 4.78 is 7.88. The van der Waals surface area contributed by atoms with E-state index >= 15 is 0 Å². The van der Waals surface area contributed by atoms with Crippen LogP contribution in [-0.4, -0.2) is 28.0 Å². The number of methoxy groups -OCH3 is 1. The molecule has 0 atom stereocenters. The maximum absolute atomic E-state index is 11.2. The van der Waals surface area contributed by atoms with Crippen LogP contribution in [0.1, 0.15) is 15.4 Å². The largest absolute Gasteiger partial charge is 0.477 e. The molecule has 21 heavy (non-hydrogen) atoms. The van der Waals surface area contributed by atoms with E-state index < -0.39 is 5.97 Å². The van der Waals surface area contributed by atoms with Gasteiger partial charge in [0.15, 0.2) is 0 Å². The lowest BCUT2D eigenvalue weighted by Gasteiger charge is -2.02. The lowest BCUT2D eigenvalue weighted by molar-refractivity contribution is 0.0702. The molecule has 0 bridgehead atoms. The average Bonchev–Trinajstić information content (AvgIpc) is 3.01. The third-order valence-electron chi connectivity index (χ3n) is 3.00. The molecule has 7 heteroatoms. The van der Waals surface area contributed by atoms with E-state index in [0.29, 0.717) is 11.5 Å². The molecule has 1 N–H and O–H groups in total. The van der Waals surface area contributed by atoms with Crippen LogP contribution in [-0.2, 0) is 11.3 Å². The summed E-state index contributed by atoms with van der Waals surface area (Å²) in [5.41, 5.74) is 1.61. The van der Waals surface area contributed by atoms with Crippen LogP contribution >= 0.6 is 27.3 Å². The Balaban J connectivity index is 2.21. The fourth-order valence-corrected chi connectivity index (χ4v) is 3.33. The molecule has 2 aromatic heterocycles. The Bertz CT molecular complexity index is 808. The van der Waals surface area contributed by atoms with Crippen molar-refractivity contribution in [1.29, 1.82) is 0 Å². The number of carboxylic acid groups (broad SMARTS) is 1. The molecule has 1 aromatic carbocycles. The molecule has 3 aromatic rings. The molecule has 0 fully saturated rings. The van der Waals surface area contributed by atoms with Crippen LogP contribution < -0.4 is 0 Å². The molecule has 0 unspecified atom stereocenters. The number of hydrogen-bond acceptors (Lipinski definition) is 4. The third-order valence-corrected chi connectivity index (χ3v) is 4.63. The van der Waals surface area contributed by atoms with E-state index in [1.807, 2.05) is 24.3 Å². The number of benzene rings is 1. The molecule has 0 aliphatic rings. The SMILES string of the molecule is COCc1nn(-c2ccc(Br)cc2)c2sc(C(=O)O)cc12. The predicted octanol–water partition coefficient (Wildman–Crippen LogP) is 3.69. The maximum atomic E-state index is 11.2. The quantitative estimate of drug-likeness (QED) is 0.764. The molecule has 5 nitrogen and oxygen atoms in total. The van der Waals surface area contributed by atoms with Crippen molar-refractivity contribution in [3.8, 4) is 5.69 Å². The standard InChI is InChI=1S/C14H11BrN2O3S/c1-20-7-11-10-6-12(14(18)19)21-13(10)17(16-11)9-4-2-8(15)3-5-9/h2-6H,7H2,1H3,(H,18,19). The summed E-state index contributed by atoms with van der Waals surface area (Å²) in [6, 6.07) is 9.34. The highest BCUT2D eigenvalue weighted by molar-refractivity contribution is 9.10. The first-order valence-corrected chi connectivity index (χ1v) is 7.70. The second-order valence-corrected chi connectivity index (χ2v) is 6.35. The van der Waals surface area contributed by atoms with Crippen molar-refractivity contribution in [2.75, 3.05) is 7.11 Å². The van der Waals surface area contributed by atoms with E-state index in [9.17, 15) is 4.79 Å². The van der Waals surface area contributed by atoms with Gasteiger partial charge in [-0.1, -0.05) is 15.9 Å². The van der Waals surface area contributed by atoms with Crippen molar-refractivity contribution >= 4 is 43.5 Å². The first kappa shape index (κ1) is 14.2. The number of halogens is 1. The van der Waals surface area contributed by atoms with Gasteiger partial charge in [-0.05, 0) is 30.3 Å². The van der Waals surface area contributed by atoms with Gasteiger partial charge in [-0.15, -0.1) is 11.3 Å². The van der Waals surface area contributed by atoms with Gasteiger partial charge in [0.2, 0.25) is 0 Å². The molecule has 0 saturated carbocycles. The van der Waals surface area contributed by atoms with E-state index in [1.165, 1.54) is 11.3 Å². The Kier molecular flexibility index (Phi) is 3.79.